The number of anilines is 2. The second-order valence-electron chi connectivity index (χ2n) is 8.72. The zero-order chi connectivity index (χ0) is 22.1. The average Bonchev–Trinajstić information content (AvgIpc) is 3.37. The van der Waals surface area contributed by atoms with Gasteiger partial charge in [-0.3, -0.25) is 9.59 Å². The molecule has 5 rings (SSSR count). The van der Waals surface area contributed by atoms with Crippen molar-refractivity contribution in [2.24, 2.45) is 5.92 Å². The van der Waals surface area contributed by atoms with Crippen molar-refractivity contribution in [2.75, 3.05) is 16.0 Å². The highest BCUT2D eigenvalue weighted by atomic mass is 32.2. The van der Waals surface area contributed by atoms with E-state index < -0.39 is 0 Å². The zero-order valence-electron chi connectivity index (χ0n) is 18.2. The molecule has 1 aromatic heterocycles. The van der Waals surface area contributed by atoms with Crippen molar-refractivity contribution < 1.29 is 9.59 Å². The maximum absolute atomic E-state index is 13.0. The molecule has 1 aliphatic heterocycles. The van der Waals surface area contributed by atoms with Crippen molar-refractivity contribution in [1.29, 1.82) is 0 Å². The van der Waals surface area contributed by atoms with E-state index in [-0.39, 0.29) is 23.8 Å². The van der Waals surface area contributed by atoms with Crippen LogP contribution in [0.1, 0.15) is 44.6 Å². The molecule has 0 spiro atoms. The molecule has 5 nitrogen and oxygen atoms in total. The summed E-state index contributed by atoms with van der Waals surface area (Å²) in [5.74, 6) is 0.751. The van der Waals surface area contributed by atoms with Crippen LogP contribution in [0.2, 0.25) is 0 Å². The summed E-state index contributed by atoms with van der Waals surface area (Å²) in [6.45, 7) is 2.10. The van der Waals surface area contributed by atoms with Gasteiger partial charge in [-0.1, -0.05) is 49.2 Å². The summed E-state index contributed by atoms with van der Waals surface area (Å²) in [6, 6.07) is 14.2. The Kier molecular flexibility index (Phi) is 6.20. The van der Waals surface area contributed by atoms with Gasteiger partial charge in [-0.15, -0.1) is 11.3 Å². The molecule has 166 valence electrons. The van der Waals surface area contributed by atoms with Gasteiger partial charge in [-0.05, 0) is 56.0 Å². The molecule has 1 atom stereocenters. The molecule has 1 saturated carbocycles. The summed E-state index contributed by atoms with van der Waals surface area (Å²) in [5, 5.41) is 3.09. The van der Waals surface area contributed by atoms with E-state index in [4.69, 9.17) is 0 Å². The fourth-order valence-corrected chi connectivity index (χ4v) is 6.76. The van der Waals surface area contributed by atoms with Crippen molar-refractivity contribution in [2.45, 2.75) is 55.8 Å². The Morgan fingerprint density at radius 3 is 2.81 bits per heavy atom. The number of aromatic nitrogens is 1. The minimum Gasteiger partial charge on any atom is -0.326 e. The van der Waals surface area contributed by atoms with Gasteiger partial charge in [0.25, 0.3) is 0 Å². The van der Waals surface area contributed by atoms with Gasteiger partial charge in [0.15, 0.2) is 4.34 Å². The number of rotatable bonds is 5. The highest BCUT2D eigenvalue weighted by Crippen LogP contribution is 2.35. The smallest absolute Gasteiger partial charge is 0.237 e. The van der Waals surface area contributed by atoms with Gasteiger partial charge in [0.2, 0.25) is 11.8 Å². The van der Waals surface area contributed by atoms with Crippen LogP contribution in [0.5, 0.6) is 0 Å². The van der Waals surface area contributed by atoms with Crippen LogP contribution < -0.4 is 10.2 Å². The van der Waals surface area contributed by atoms with Gasteiger partial charge in [0.1, 0.15) is 0 Å². The number of thioether (sulfide) groups is 1. The molecule has 0 radical (unpaired) electrons. The van der Waals surface area contributed by atoms with Crippen molar-refractivity contribution >= 4 is 56.5 Å². The number of benzene rings is 2. The molecule has 2 aromatic carbocycles. The summed E-state index contributed by atoms with van der Waals surface area (Å²) >= 11 is 3.06. The molecule has 7 heteroatoms. The lowest BCUT2D eigenvalue weighted by atomic mass is 9.88. The van der Waals surface area contributed by atoms with Crippen LogP contribution in [0.25, 0.3) is 10.2 Å². The molecule has 3 aromatic rings. The number of fused-ring (bicyclic) bond motifs is 2. The largest absolute Gasteiger partial charge is 0.326 e. The second-order valence-corrected chi connectivity index (χ2v) is 11.0. The summed E-state index contributed by atoms with van der Waals surface area (Å²) in [5.41, 5.74) is 4.00. The SMILES string of the molecule is CC1Cc2ccccc2N1C(=O)CSc1nc2ccc(NC(=O)C3CCCCC3)cc2s1. The molecular weight excluding hydrogens is 438 g/mol. The standard InChI is InChI=1S/C25H27N3O2S2/c1-16-13-18-9-5-6-10-21(18)28(16)23(29)15-31-25-27-20-12-11-19(14-22(20)32-25)26-24(30)17-7-3-2-4-8-17/h5-6,9-12,14,16-17H,2-4,7-8,13,15H2,1H3,(H,26,30). The number of nitrogens with one attached hydrogen (secondary N) is 1. The molecule has 0 saturated heterocycles. The molecule has 1 aliphatic carbocycles. The number of carbonyl (C=O) groups excluding carboxylic acids is 2. The van der Waals surface area contributed by atoms with E-state index in [9.17, 15) is 9.59 Å². The second kappa shape index (κ2) is 9.24. The predicted octanol–water partition coefficient (Wildman–Crippen LogP) is 5.89. The third kappa shape index (κ3) is 4.41. The first-order valence-corrected chi connectivity index (χ1v) is 13.1. The van der Waals surface area contributed by atoms with Gasteiger partial charge in [0.05, 0.1) is 16.0 Å². The van der Waals surface area contributed by atoms with Crippen molar-refractivity contribution in [1.82, 2.24) is 4.98 Å². The van der Waals surface area contributed by atoms with Crippen LogP contribution in [0, 0.1) is 5.92 Å². The van der Waals surface area contributed by atoms with Gasteiger partial charge in [0, 0.05) is 23.3 Å². The zero-order valence-corrected chi connectivity index (χ0v) is 19.8. The third-order valence-electron chi connectivity index (χ3n) is 6.41. The highest BCUT2D eigenvalue weighted by molar-refractivity contribution is 8.01. The number of thiazole rings is 1. The fraction of sp³-hybridized carbons (Fsp3) is 0.400. The van der Waals surface area contributed by atoms with Crippen molar-refractivity contribution in [3.8, 4) is 0 Å². The molecule has 1 fully saturated rings. The Morgan fingerprint density at radius 1 is 1.16 bits per heavy atom. The van der Waals surface area contributed by atoms with E-state index in [0.717, 1.165) is 58.0 Å². The first-order valence-electron chi connectivity index (χ1n) is 11.3. The number of para-hydroxylation sites is 1. The lowest BCUT2D eigenvalue weighted by Gasteiger charge is -2.22. The van der Waals surface area contributed by atoms with Crippen LogP contribution in [0.3, 0.4) is 0 Å². The summed E-state index contributed by atoms with van der Waals surface area (Å²) in [4.78, 5) is 32.1. The molecule has 2 amide bonds. The topological polar surface area (TPSA) is 62.3 Å². The van der Waals surface area contributed by atoms with Crippen LogP contribution >= 0.6 is 23.1 Å². The molecule has 1 unspecified atom stereocenters. The Hall–Kier alpha value is -2.38. The number of carbonyl (C=O) groups is 2. The van der Waals surface area contributed by atoms with Crippen LogP contribution in [0.15, 0.2) is 46.8 Å². The van der Waals surface area contributed by atoms with E-state index in [1.54, 1.807) is 11.3 Å². The van der Waals surface area contributed by atoms with E-state index in [2.05, 4.69) is 23.3 Å². The quantitative estimate of drug-likeness (QED) is 0.478. The van der Waals surface area contributed by atoms with E-state index in [1.807, 2.05) is 41.3 Å². The number of hydrogen-bond donors (Lipinski definition) is 1. The molecule has 32 heavy (non-hydrogen) atoms. The lowest BCUT2D eigenvalue weighted by molar-refractivity contribution is -0.120. The maximum Gasteiger partial charge on any atom is 0.237 e. The Labute approximate surface area is 196 Å². The van der Waals surface area contributed by atoms with Crippen molar-refractivity contribution in [3.63, 3.8) is 0 Å². The minimum atomic E-state index is 0.118. The first-order chi connectivity index (χ1) is 15.6. The molecule has 0 bridgehead atoms. The highest BCUT2D eigenvalue weighted by Gasteiger charge is 2.30. The van der Waals surface area contributed by atoms with E-state index in [1.165, 1.54) is 23.7 Å². The fourth-order valence-electron chi connectivity index (χ4n) is 4.79. The van der Waals surface area contributed by atoms with E-state index in [0.29, 0.717) is 5.75 Å². The number of hydrogen-bond acceptors (Lipinski definition) is 5. The minimum absolute atomic E-state index is 0.118. The lowest BCUT2D eigenvalue weighted by Crippen LogP contribution is -2.36. The average molecular weight is 466 g/mol. The first kappa shape index (κ1) is 21.5. The van der Waals surface area contributed by atoms with Crippen molar-refractivity contribution in [3.05, 3.63) is 48.0 Å². The molecular formula is C25H27N3O2S2. The van der Waals surface area contributed by atoms with Crippen LogP contribution in [-0.2, 0) is 16.0 Å². The summed E-state index contributed by atoms with van der Waals surface area (Å²) in [6.07, 6.45) is 6.42. The summed E-state index contributed by atoms with van der Waals surface area (Å²) < 4.78 is 1.91. The Balaban J connectivity index is 1.23. The predicted molar refractivity (Wildman–Crippen MR) is 133 cm³/mol. The van der Waals surface area contributed by atoms with Gasteiger partial charge >= 0.3 is 0 Å². The van der Waals surface area contributed by atoms with Gasteiger partial charge < -0.3 is 10.2 Å². The van der Waals surface area contributed by atoms with Crippen LogP contribution in [0.4, 0.5) is 11.4 Å². The number of amides is 2. The van der Waals surface area contributed by atoms with Crippen LogP contribution in [-0.4, -0.2) is 28.6 Å². The molecule has 2 aliphatic rings. The summed E-state index contributed by atoms with van der Waals surface area (Å²) in [7, 11) is 0. The van der Waals surface area contributed by atoms with Gasteiger partial charge in [-0.25, -0.2) is 4.98 Å². The third-order valence-corrected chi connectivity index (χ3v) is 8.55. The van der Waals surface area contributed by atoms with E-state index >= 15 is 0 Å². The Morgan fingerprint density at radius 2 is 1.97 bits per heavy atom. The van der Waals surface area contributed by atoms with Gasteiger partial charge in [-0.2, -0.15) is 0 Å². The molecule has 2 heterocycles. The molecule has 1 N–H and O–H groups in total. The monoisotopic (exact) mass is 465 g/mol. The number of nitrogens with zero attached hydrogens (tertiary/aromatic N) is 2. The maximum atomic E-state index is 13.0. The Bertz CT molecular complexity index is 1150. The normalized spacial score (nSPS) is 18.7.